The smallest absolute Gasteiger partial charge is 0.186 e. The molecule has 264 valence electrons. The molecule has 1 heterocycles. The largest absolute Gasteiger partial charge is 0.368 e. The molecule has 6 aromatic carbocycles. The van der Waals surface area contributed by atoms with Gasteiger partial charge in [0.1, 0.15) is 53.8 Å². The van der Waals surface area contributed by atoms with Crippen molar-refractivity contribution >= 4 is 23.2 Å². The van der Waals surface area contributed by atoms with Crippen LogP contribution in [0.2, 0.25) is 0 Å². The lowest BCUT2D eigenvalue weighted by atomic mass is 9.98. The van der Waals surface area contributed by atoms with Gasteiger partial charge in [-0.3, -0.25) is 0 Å². The molecule has 5 nitrogen and oxygen atoms in total. The Kier molecular flexibility index (Phi) is 12.3. The highest BCUT2D eigenvalue weighted by atomic mass is 31.2. The van der Waals surface area contributed by atoms with Crippen LogP contribution in [0.25, 0.3) is 0 Å². The maximum absolute atomic E-state index is 7.12. The van der Waals surface area contributed by atoms with E-state index in [1.807, 2.05) is 54.6 Å². The van der Waals surface area contributed by atoms with Gasteiger partial charge < -0.3 is 23.7 Å². The van der Waals surface area contributed by atoms with Crippen LogP contribution in [0.1, 0.15) is 16.7 Å². The minimum absolute atomic E-state index is 0.380. The fraction of sp³-hybridized carbons (Fsp3) is 0.217. The second-order valence-electron chi connectivity index (χ2n) is 13.1. The fourth-order valence-corrected chi connectivity index (χ4v) is 11.6. The zero-order valence-electron chi connectivity index (χ0n) is 29.5. The predicted octanol–water partition coefficient (Wildman–Crippen LogP) is 8.11. The van der Waals surface area contributed by atoms with Gasteiger partial charge in [-0.25, -0.2) is 0 Å². The summed E-state index contributed by atoms with van der Waals surface area (Å²) in [6, 6.07) is 63.4. The van der Waals surface area contributed by atoms with Gasteiger partial charge in [0.15, 0.2) is 6.29 Å². The minimum atomic E-state index is -2.34. The Morgan fingerprint density at radius 2 is 0.750 bits per heavy atom. The van der Waals surface area contributed by atoms with Crippen molar-refractivity contribution in [3.05, 3.63) is 199 Å². The Morgan fingerprint density at radius 3 is 1.12 bits per heavy atom. The summed E-state index contributed by atoms with van der Waals surface area (Å²) in [5, 5.41) is 3.82. The van der Waals surface area contributed by atoms with E-state index in [2.05, 4.69) is 127 Å². The van der Waals surface area contributed by atoms with Crippen molar-refractivity contribution in [2.75, 3.05) is 13.3 Å². The Balaban J connectivity index is 1.34. The monoisotopic (exact) mass is 709 g/mol. The van der Waals surface area contributed by atoms with Crippen molar-refractivity contribution in [1.29, 1.82) is 0 Å². The summed E-state index contributed by atoms with van der Waals surface area (Å²) >= 11 is 0. The van der Waals surface area contributed by atoms with E-state index in [4.69, 9.17) is 23.7 Å². The number of benzene rings is 6. The second-order valence-corrected chi connectivity index (χ2v) is 16.6. The third-order valence-corrected chi connectivity index (χ3v) is 14.2. The third kappa shape index (κ3) is 8.43. The summed E-state index contributed by atoms with van der Waals surface area (Å²) in [6.45, 7) is 1.17. The van der Waals surface area contributed by atoms with Crippen molar-refractivity contribution in [1.82, 2.24) is 0 Å². The van der Waals surface area contributed by atoms with Gasteiger partial charge in [0, 0.05) is 7.11 Å². The zero-order chi connectivity index (χ0) is 35.4. The highest BCUT2D eigenvalue weighted by molar-refractivity contribution is 7.95. The molecule has 1 fully saturated rings. The molecule has 1 saturated heterocycles. The van der Waals surface area contributed by atoms with E-state index in [0.717, 1.165) is 16.7 Å². The summed E-state index contributed by atoms with van der Waals surface area (Å²) in [4.78, 5) is 0. The second kappa shape index (κ2) is 17.9. The molecule has 7 rings (SSSR count). The lowest BCUT2D eigenvalue weighted by molar-refractivity contribution is -0.313. The third-order valence-electron chi connectivity index (χ3n) is 9.72. The molecular weight excluding hydrogens is 663 g/mol. The average Bonchev–Trinajstić information content (AvgIpc) is 3.23. The van der Waals surface area contributed by atoms with Gasteiger partial charge in [-0.15, -0.1) is 0 Å². The molecule has 0 aromatic heterocycles. The van der Waals surface area contributed by atoms with Crippen molar-refractivity contribution < 1.29 is 23.7 Å². The molecule has 0 radical (unpaired) electrons. The molecule has 0 spiro atoms. The van der Waals surface area contributed by atoms with E-state index >= 15 is 0 Å². The number of hydrogen-bond donors (Lipinski definition) is 0. The molecule has 52 heavy (non-hydrogen) atoms. The standard InChI is InChI=1S/C46H46O5P/c1-47-46-45(50-34-38-24-12-4-13-25-38)44(49-33-37-22-10-3-11-23-37)43(48-32-36-20-8-2-9-21-36)42(51-46)35-52(39-26-14-5-15-27-39,40-28-16-6-17-29-40)41-30-18-7-19-31-41/h2-31,42-46H,32-35H2,1H3/q+1/t42-,43-,44+,45-,46+/m1/s1. The van der Waals surface area contributed by atoms with E-state index in [1.54, 1.807) is 7.11 Å². The van der Waals surface area contributed by atoms with Gasteiger partial charge in [-0.1, -0.05) is 146 Å². The molecule has 6 heteroatoms. The van der Waals surface area contributed by atoms with Crippen molar-refractivity contribution in [3.8, 4) is 0 Å². The zero-order valence-corrected chi connectivity index (χ0v) is 30.4. The van der Waals surface area contributed by atoms with Gasteiger partial charge in [-0.2, -0.15) is 0 Å². The first-order chi connectivity index (χ1) is 25.7. The van der Waals surface area contributed by atoms with Crippen LogP contribution in [0.3, 0.4) is 0 Å². The van der Waals surface area contributed by atoms with Crippen LogP contribution in [-0.4, -0.2) is 44.0 Å². The van der Waals surface area contributed by atoms with Crippen LogP contribution in [-0.2, 0) is 43.5 Å². The molecule has 0 amide bonds. The van der Waals surface area contributed by atoms with Crippen molar-refractivity contribution in [2.45, 2.75) is 50.5 Å². The summed E-state index contributed by atoms with van der Waals surface area (Å²) in [6.07, 6.45) is -2.02. The molecule has 1 aliphatic heterocycles. The van der Waals surface area contributed by atoms with Crippen LogP contribution >= 0.6 is 7.26 Å². The van der Waals surface area contributed by atoms with Gasteiger partial charge in [0.25, 0.3) is 0 Å². The number of hydrogen-bond acceptors (Lipinski definition) is 5. The van der Waals surface area contributed by atoms with Gasteiger partial charge >= 0.3 is 0 Å². The Labute approximate surface area is 308 Å². The number of rotatable bonds is 15. The summed E-state index contributed by atoms with van der Waals surface area (Å²) < 4.78 is 34.0. The summed E-state index contributed by atoms with van der Waals surface area (Å²) in [5.74, 6) is 0. The highest BCUT2D eigenvalue weighted by Crippen LogP contribution is 2.57. The number of methoxy groups -OCH3 is 1. The molecular formula is C46H46O5P+. The van der Waals surface area contributed by atoms with Crippen LogP contribution < -0.4 is 15.9 Å². The average molecular weight is 710 g/mol. The molecule has 0 bridgehead atoms. The van der Waals surface area contributed by atoms with Crippen LogP contribution in [0, 0.1) is 0 Å². The molecule has 0 aliphatic carbocycles. The molecule has 5 atom stereocenters. The highest BCUT2D eigenvalue weighted by Gasteiger charge is 2.55. The van der Waals surface area contributed by atoms with E-state index in [9.17, 15) is 0 Å². The maximum Gasteiger partial charge on any atom is 0.186 e. The predicted molar refractivity (Wildman–Crippen MR) is 211 cm³/mol. The van der Waals surface area contributed by atoms with E-state index in [1.165, 1.54) is 15.9 Å². The topological polar surface area (TPSA) is 46.2 Å². The summed E-state index contributed by atoms with van der Waals surface area (Å²) in [5.41, 5.74) is 3.21. The van der Waals surface area contributed by atoms with Gasteiger partial charge in [-0.05, 0) is 53.1 Å². The fourth-order valence-electron chi connectivity index (χ4n) is 7.16. The Morgan fingerprint density at radius 1 is 0.423 bits per heavy atom. The van der Waals surface area contributed by atoms with Gasteiger partial charge in [0.2, 0.25) is 0 Å². The van der Waals surface area contributed by atoms with Crippen LogP contribution in [0.15, 0.2) is 182 Å². The lowest BCUT2D eigenvalue weighted by Crippen LogP contribution is -2.62. The van der Waals surface area contributed by atoms with E-state index in [-0.39, 0.29) is 0 Å². The Hall–Kier alpha value is -4.45. The quantitative estimate of drug-likeness (QED) is 0.101. The lowest BCUT2D eigenvalue weighted by Gasteiger charge is -2.46. The van der Waals surface area contributed by atoms with E-state index < -0.39 is 38.0 Å². The first-order valence-electron chi connectivity index (χ1n) is 17.9. The molecule has 6 aromatic rings. The molecule has 0 unspecified atom stereocenters. The normalized spacial score (nSPS) is 20.4. The maximum atomic E-state index is 7.12. The summed E-state index contributed by atoms with van der Waals surface area (Å²) in [7, 11) is -0.647. The number of ether oxygens (including phenoxy) is 5. The Bertz CT molecular complexity index is 1800. The molecule has 0 saturated carbocycles. The van der Waals surface area contributed by atoms with Crippen LogP contribution in [0.5, 0.6) is 0 Å². The van der Waals surface area contributed by atoms with Crippen LogP contribution in [0.4, 0.5) is 0 Å². The van der Waals surface area contributed by atoms with Gasteiger partial charge in [0.05, 0.1) is 19.8 Å². The SMILES string of the molecule is CO[C@H]1O[C@H](C[P+](c2ccccc2)(c2ccccc2)c2ccccc2)[C@@H](OCc2ccccc2)[C@H](OCc2ccccc2)[C@H]1OCc1ccccc1. The van der Waals surface area contributed by atoms with Crippen molar-refractivity contribution in [3.63, 3.8) is 0 Å². The first kappa shape index (κ1) is 35.9. The van der Waals surface area contributed by atoms with Crippen molar-refractivity contribution in [2.24, 2.45) is 0 Å². The minimum Gasteiger partial charge on any atom is -0.368 e. The molecule has 0 N–H and O–H groups in total. The first-order valence-corrected chi connectivity index (χ1v) is 19.9. The van der Waals surface area contributed by atoms with E-state index in [0.29, 0.717) is 26.0 Å². The molecule has 1 aliphatic rings.